The van der Waals surface area contributed by atoms with Crippen LogP contribution < -0.4 is 10.5 Å². The van der Waals surface area contributed by atoms with Crippen LogP contribution in [0.5, 0.6) is 0 Å². The van der Waals surface area contributed by atoms with Gasteiger partial charge in [-0.05, 0) is 17.5 Å². The van der Waals surface area contributed by atoms with Gasteiger partial charge in [0, 0.05) is 11.5 Å². The maximum atomic E-state index is 11.9. The van der Waals surface area contributed by atoms with E-state index in [1.54, 1.807) is 18.2 Å². The number of benzene rings is 2. The van der Waals surface area contributed by atoms with Crippen molar-refractivity contribution in [1.82, 2.24) is 4.98 Å². The van der Waals surface area contributed by atoms with Crippen LogP contribution in [0.4, 0.5) is 0 Å². The lowest BCUT2D eigenvalue weighted by Gasteiger charge is -2.01. The first kappa shape index (κ1) is 10.5. The summed E-state index contributed by atoms with van der Waals surface area (Å²) in [6.07, 6.45) is 0. The normalized spacial score (nSPS) is 11.6. The zero-order chi connectivity index (χ0) is 13.0. The lowest BCUT2D eigenvalue weighted by molar-refractivity contribution is 0.570. The van der Waals surface area contributed by atoms with Gasteiger partial charge in [0.15, 0.2) is 0 Å². The molecule has 0 aliphatic rings. The third kappa shape index (κ3) is 1.45. The Morgan fingerprint density at radius 3 is 2.63 bits per heavy atom. The molecule has 2 aromatic carbocycles. The zero-order valence-corrected chi connectivity index (χ0v) is 10.4. The average Bonchev–Trinajstić information content (AvgIpc) is 2.76. The summed E-state index contributed by atoms with van der Waals surface area (Å²) in [5.74, 6) is 0. The minimum atomic E-state index is -0.361. The van der Waals surface area contributed by atoms with Crippen molar-refractivity contribution >= 4 is 43.3 Å². The summed E-state index contributed by atoms with van der Waals surface area (Å²) >= 11 is 1.15. The number of H-pyrrole nitrogens is 1. The van der Waals surface area contributed by atoms with E-state index >= 15 is 0 Å². The highest BCUT2D eigenvalue weighted by Gasteiger charge is 2.09. The van der Waals surface area contributed by atoms with Gasteiger partial charge < -0.3 is 9.40 Å². The Balaban J connectivity index is 2.35. The van der Waals surface area contributed by atoms with Crippen LogP contribution in [0.15, 0.2) is 50.4 Å². The van der Waals surface area contributed by atoms with Crippen molar-refractivity contribution in [2.75, 3.05) is 0 Å². The Morgan fingerprint density at radius 1 is 1.00 bits per heavy atom. The molecule has 4 rings (SSSR count). The topological polar surface area (TPSA) is 63.1 Å². The Morgan fingerprint density at radius 2 is 1.79 bits per heavy atom. The lowest BCUT2D eigenvalue weighted by atomic mass is 10.1. The smallest absolute Gasteiger partial charge is 0.344 e. The van der Waals surface area contributed by atoms with Crippen molar-refractivity contribution in [3.8, 4) is 0 Å². The van der Waals surface area contributed by atoms with E-state index in [9.17, 15) is 9.59 Å². The molecule has 0 aliphatic carbocycles. The molecule has 0 fully saturated rings. The number of aromatic amines is 1. The molecule has 0 atom stereocenters. The first-order chi connectivity index (χ1) is 9.22. The van der Waals surface area contributed by atoms with Crippen molar-refractivity contribution in [1.29, 1.82) is 0 Å². The van der Waals surface area contributed by atoms with Gasteiger partial charge in [0.05, 0.1) is 15.6 Å². The minimum absolute atomic E-state index is 0.114. The molecule has 0 aliphatic heterocycles. The first-order valence-electron chi connectivity index (χ1n) is 5.71. The van der Waals surface area contributed by atoms with Crippen molar-refractivity contribution < 1.29 is 4.42 Å². The monoisotopic (exact) mass is 269 g/mol. The van der Waals surface area contributed by atoms with Gasteiger partial charge >= 0.3 is 10.5 Å². The molecule has 0 spiro atoms. The molecule has 4 aromatic rings. The second kappa shape index (κ2) is 3.55. The molecule has 0 saturated heterocycles. The average molecular weight is 269 g/mol. The van der Waals surface area contributed by atoms with Crippen molar-refractivity contribution in [3.63, 3.8) is 0 Å². The van der Waals surface area contributed by atoms with Crippen molar-refractivity contribution in [2.45, 2.75) is 0 Å². The minimum Gasteiger partial charge on any atom is -0.422 e. The van der Waals surface area contributed by atoms with Gasteiger partial charge in [-0.3, -0.25) is 4.79 Å². The van der Waals surface area contributed by atoms with Crippen molar-refractivity contribution in [3.05, 3.63) is 56.5 Å². The van der Waals surface area contributed by atoms with E-state index in [-0.39, 0.29) is 10.5 Å². The third-order valence-corrected chi connectivity index (χ3v) is 4.01. The second-order valence-electron chi connectivity index (χ2n) is 4.29. The summed E-state index contributed by atoms with van der Waals surface area (Å²) in [5, 5.41) is 2.24. The molecule has 0 radical (unpaired) electrons. The molecule has 2 aromatic heterocycles. The number of hydrogen-bond donors (Lipinski definition) is 1. The molecule has 0 amide bonds. The summed E-state index contributed by atoms with van der Waals surface area (Å²) in [7, 11) is 0. The van der Waals surface area contributed by atoms with E-state index in [4.69, 9.17) is 4.42 Å². The standard InChI is InChI=1S/C14H7NO3S/c16-13-8-4-2-1-3-7(8)9-5-12-10(6-11(9)18-13)15-14(17)19-12/h1-6H,(H,15,17). The van der Waals surface area contributed by atoms with E-state index < -0.39 is 0 Å². The number of aromatic nitrogens is 1. The number of fused-ring (bicyclic) bond motifs is 4. The fourth-order valence-electron chi connectivity index (χ4n) is 2.32. The zero-order valence-electron chi connectivity index (χ0n) is 9.60. The van der Waals surface area contributed by atoms with E-state index in [0.717, 1.165) is 26.8 Å². The van der Waals surface area contributed by atoms with E-state index in [1.807, 2.05) is 18.2 Å². The molecular formula is C14H7NO3S. The Bertz CT molecular complexity index is 1060. The highest BCUT2D eigenvalue weighted by molar-refractivity contribution is 7.16. The van der Waals surface area contributed by atoms with Crippen molar-refractivity contribution in [2.24, 2.45) is 0 Å². The fraction of sp³-hybridized carbons (Fsp3) is 0. The Hall–Kier alpha value is -2.40. The SMILES string of the molecule is O=c1[nH]c2cc3oc(=O)c4ccccc4c3cc2s1. The summed E-state index contributed by atoms with van der Waals surface area (Å²) in [5.41, 5.74) is 0.825. The predicted molar refractivity (Wildman–Crippen MR) is 76.0 cm³/mol. The first-order valence-corrected chi connectivity index (χ1v) is 6.52. The molecule has 0 unspecified atom stereocenters. The molecule has 0 bridgehead atoms. The molecule has 0 saturated carbocycles. The van der Waals surface area contributed by atoms with Crippen LogP contribution >= 0.6 is 11.3 Å². The highest BCUT2D eigenvalue weighted by Crippen LogP contribution is 2.27. The van der Waals surface area contributed by atoms with Gasteiger partial charge in [-0.2, -0.15) is 0 Å². The quantitative estimate of drug-likeness (QED) is 0.394. The second-order valence-corrected chi connectivity index (χ2v) is 5.31. The van der Waals surface area contributed by atoms with Crippen LogP contribution in [0.1, 0.15) is 0 Å². The van der Waals surface area contributed by atoms with E-state index in [2.05, 4.69) is 4.98 Å². The predicted octanol–water partition coefficient (Wildman–Crippen LogP) is 2.85. The van der Waals surface area contributed by atoms with Crippen LogP contribution in [0.25, 0.3) is 32.0 Å². The lowest BCUT2D eigenvalue weighted by Crippen LogP contribution is -1.99. The summed E-state index contributed by atoms with van der Waals surface area (Å²) < 4.78 is 6.18. The number of thiazole rings is 1. The van der Waals surface area contributed by atoms with E-state index in [0.29, 0.717) is 16.5 Å². The van der Waals surface area contributed by atoms with Gasteiger partial charge in [0.2, 0.25) is 0 Å². The van der Waals surface area contributed by atoms with Crippen LogP contribution in [-0.2, 0) is 0 Å². The van der Waals surface area contributed by atoms with Gasteiger partial charge in [-0.25, -0.2) is 4.79 Å². The molecule has 1 N–H and O–H groups in total. The molecule has 2 heterocycles. The number of hydrogen-bond acceptors (Lipinski definition) is 4. The molecule has 5 heteroatoms. The van der Waals surface area contributed by atoms with Crippen LogP contribution in [0.3, 0.4) is 0 Å². The molecule has 19 heavy (non-hydrogen) atoms. The summed E-state index contributed by atoms with van der Waals surface area (Å²) in [4.78, 5) is 25.9. The Labute approximate surface area is 109 Å². The van der Waals surface area contributed by atoms with Gasteiger partial charge in [0.1, 0.15) is 5.58 Å². The fourth-order valence-corrected chi connectivity index (χ4v) is 3.08. The Kier molecular flexibility index (Phi) is 1.97. The van der Waals surface area contributed by atoms with E-state index in [1.165, 1.54) is 0 Å². The largest absolute Gasteiger partial charge is 0.422 e. The number of rotatable bonds is 0. The van der Waals surface area contributed by atoms with Gasteiger partial charge in [-0.1, -0.05) is 29.5 Å². The summed E-state index contributed by atoms with van der Waals surface area (Å²) in [6.45, 7) is 0. The maximum Gasteiger partial charge on any atom is 0.344 e. The van der Waals surface area contributed by atoms with Crippen LogP contribution in [0.2, 0.25) is 0 Å². The van der Waals surface area contributed by atoms with Gasteiger partial charge in [0.25, 0.3) is 0 Å². The van der Waals surface area contributed by atoms with Crippen LogP contribution in [0, 0.1) is 0 Å². The molecular weight excluding hydrogens is 262 g/mol. The van der Waals surface area contributed by atoms with Crippen LogP contribution in [-0.4, -0.2) is 4.98 Å². The summed E-state index contributed by atoms with van der Waals surface area (Å²) in [6, 6.07) is 10.9. The highest BCUT2D eigenvalue weighted by atomic mass is 32.1. The molecule has 4 nitrogen and oxygen atoms in total. The molecule has 92 valence electrons. The van der Waals surface area contributed by atoms with Gasteiger partial charge in [-0.15, -0.1) is 0 Å². The third-order valence-electron chi connectivity index (χ3n) is 3.16. The maximum absolute atomic E-state index is 11.9. The number of nitrogens with one attached hydrogen (secondary N) is 1.